The second-order valence-corrected chi connectivity index (χ2v) is 4.73. The van der Waals surface area contributed by atoms with E-state index in [4.69, 9.17) is 5.26 Å². The standard InChI is InChI=1S/C11H9N5O2S/c1-7-15-9(6-19-7)4-13-11-8(3-12)2-10(5-14-11)16(17)18/h2,5-6H,4H2,1H3,(H,13,14). The van der Waals surface area contributed by atoms with Crippen LogP contribution in [-0.2, 0) is 6.54 Å². The number of pyridine rings is 1. The zero-order valence-corrected chi connectivity index (χ0v) is 10.8. The van der Waals surface area contributed by atoms with Crippen molar-refractivity contribution in [3.05, 3.63) is 44.0 Å². The van der Waals surface area contributed by atoms with Crippen molar-refractivity contribution in [1.29, 1.82) is 5.26 Å². The molecule has 0 saturated carbocycles. The fourth-order valence-electron chi connectivity index (χ4n) is 1.44. The lowest BCUT2D eigenvalue weighted by Crippen LogP contribution is -2.04. The summed E-state index contributed by atoms with van der Waals surface area (Å²) >= 11 is 1.53. The topological polar surface area (TPSA) is 105 Å². The van der Waals surface area contributed by atoms with Crippen molar-refractivity contribution in [3.63, 3.8) is 0 Å². The summed E-state index contributed by atoms with van der Waals surface area (Å²) in [6.45, 7) is 2.32. The second kappa shape index (κ2) is 5.41. The third kappa shape index (κ3) is 3.02. The Balaban J connectivity index is 2.16. The van der Waals surface area contributed by atoms with E-state index in [1.807, 2.05) is 18.4 Å². The fraction of sp³-hybridized carbons (Fsp3) is 0.182. The summed E-state index contributed by atoms with van der Waals surface area (Å²) in [4.78, 5) is 18.2. The largest absolute Gasteiger partial charge is 0.363 e. The van der Waals surface area contributed by atoms with Crippen LogP contribution in [0.15, 0.2) is 17.6 Å². The molecule has 7 nitrogen and oxygen atoms in total. The Morgan fingerprint density at radius 3 is 3.00 bits per heavy atom. The van der Waals surface area contributed by atoms with E-state index in [1.165, 1.54) is 17.4 Å². The number of anilines is 1. The maximum absolute atomic E-state index is 10.6. The van der Waals surface area contributed by atoms with Gasteiger partial charge in [-0.3, -0.25) is 10.1 Å². The predicted molar refractivity (Wildman–Crippen MR) is 69.8 cm³/mol. The second-order valence-electron chi connectivity index (χ2n) is 3.67. The fourth-order valence-corrected chi connectivity index (χ4v) is 2.06. The van der Waals surface area contributed by atoms with Crippen LogP contribution in [0.1, 0.15) is 16.3 Å². The van der Waals surface area contributed by atoms with Gasteiger partial charge in [0.25, 0.3) is 5.69 Å². The summed E-state index contributed by atoms with van der Waals surface area (Å²) < 4.78 is 0. The lowest BCUT2D eigenvalue weighted by molar-refractivity contribution is -0.385. The average Bonchev–Trinajstić information content (AvgIpc) is 2.81. The quantitative estimate of drug-likeness (QED) is 0.677. The highest BCUT2D eigenvalue weighted by atomic mass is 32.1. The highest BCUT2D eigenvalue weighted by molar-refractivity contribution is 7.09. The molecule has 2 aromatic heterocycles. The first kappa shape index (κ1) is 12.9. The van der Waals surface area contributed by atoms with Crippen molar-refractivity contribution >= 4 is 22.8 Å². The van der Waals surface area contributed by atoms with E-state index in [0.29, 0.717) is 12.4 Å². The molecule has 2 aromatic rings. The molecule has 0 bridgehead atoms. The van der Waals surface area contributed by atoms with Gasteiger partial charge in [-0.25, -0.2) is 9.97 Å². The number of nitriles is 1. The molecular formula is C11H9N5O2S. The van der Waals surface area contributed by atoms with Gasteiger partial charge in [-0.15, -0.1) is 11.3 Å². The number of hydrogen-bond donors (Lipinski definition) is 1. The maximum Gasteiger partial charge on any atom is 0.289 e. The van der Waals surface area contributed by atoms with Gasteiger partial charge in [-0.05, 0) is 6.92 Å². The van der Waals surface area contributed by atoms with Gasteiger partial charge >= 0.3 is 0 Å². The van der Waals surface area contributed by atoms with Crippen molar-refractivity contribution in [2.24, 2.45) is 0 Å². The summed E-state index contributed by atoms with van der Waals surface area (Å²) in [6, 6.07) is 3.08. The van der Waals surface area contributed by atoms with Crippen molar-refractivity contribution in [1.82, 2.24) is 9.97 Å². The van der Waals surface area contributed by atoms with Crippen molar-refractivity contribution in [3.8, 4) is 6.07 Å². The summed E-state index contributed by atoms with van der Waals surface area (Å²) in [5.74, 6) is 0.318. The van der Waals surface area contributed by atoms with E-state index in [1.54, 1.807) is 0 Å². The van der Waals surface area contributed by atoms with Crippen LogP contribution < -0.4 is 5.32 Å². The molecule has 1 N–H and O–H groups in total. The zero-order chi connectivity index (χ0) is 13.8. The average molecular weight is 275 g/mol. The minimum absolute atomic E-state index is 0.140. The summed E-state index contributed by atoms with van der Waals surface area (Å²) in [5, 5.41) is 25.4. The first-order valence-electron chi connectivity index (χ1n) is 5.29. The Kier molecular flexibility index (Phi) is 3.68. The first-order chi connectivity index (χ1) is 9.10. The Morgan fingerprint density at radius 2 is 2.42 bits per heavy atom. The van der Waals surface area contributed by atoms with E-state index in [9.17, 15) is 10.1 Å². The molecule has 0 amide bonds. The summed E-state index contributed by atoms with van der Waals surface area (Å²) in [7, 11) is 0. The molecule has 0 saturated heterocycles. The van der Waals surface area contributed by atoms with Gasteiger partial charge in [0, 0.05) is 11.4 Å². The van der Waals surface area contributed by atoms with Gasteiger partial charge in [0.05, 0.1) is 22.2 Å². The molecule has 8 heteroatoms. The highest BCUT2D eigenvalue weighted by Crippen LogP contribution is 2.19. The molecule has 96 valence electrons. The summed E-state index contributed by atoms with van der Waals surface area (Å²) in [5.41, 5.74) is 0.777. The number of aryl methyl sites for hydroxylation is 1. The SMILES string of the molecule is Cc1nc(CNc2ncc([N+](=O)[O-])cc2C#N)cs1. The van der Waals surface area contributed by atoms with Crippen LogP contribution in [0, 0.1) is 28.4 Å². The van der Waals surface area contributed by atoms with Crippen LogP contribution >= 0.6 is 11.3 Å². The molecule has 0 fully saturated rings. The Morgan fingerprint density at radius 1 is 1.63 bits per heavy atom. The zero-order valence-electron chi connectivity index (χ0n) is 9.95. The number of rotatable bonds is 4. The van der Waals surface area contributed by atoms with Gasteiger partial charge < -0.3 is 5.32 Å². The Labute approximate surface area is 112 Å². The molecule has 0 radical (unpaired) electrons. The van der Waals surface area contributed by atoms with E-state index in [2.05, 4.69) is 15.3 Å². The normalized spacial score (nSPS) is 9.89. The van der Waals surface area contributed by atoms with Crippen LogP contribution in [0.25, 0.3) is 0 Å². The lowest BCUT2D eigenvalue weighted by atomic mass is 10.2. The summed E-state index contributed by atoms with van der Waals surface area (Å²) in [6.07, 6.45) is 1.12. The van der Waals surface area contributed by atoms with Gasteiger partial charge in [0.1, 0.15) is 23.6 Å². The van der Waals surface area contributed by atoms with E-state index in [-0.39, 0.29) is 11.3 Å². The molecule has 0 aliphatic carbocycles. The van der Waals surface area contributed by atoms with Crippen LogP contribution in [0.2, 0.25) is 0 Å². The molecule has 0 unspecified atom stereocenters. The maximum atomic E-state index is 10.6. The number of hydrogen-bond acceptors (Lipinski definition) is 7. The number of nitro groups is 1. The molecule has 0 aliphatic rings. The van der Waals surface area contributed by atoms with Gasteiger partial charge in [-0.1, -0.05) is 0 Å². The molecule has 2 heterocycles. The third-order valence-corrected chi connectivity index (χ3v) is 3.13. The number of aromatic nitrogens is 2. The minimum Gasteiger partial charge on any atom is -0.363 e. The Hall–Kier alpha value is -2.53. The van der Waals surface area contributed by atoms with E-state index in [0.717, 1.165) is 16.9 Å². The van der Waals surface area contributed by atoms with Crippen LogP contribution in [0.4, 0.5) is 11.5 Å². The molecular weight excluding hydrogens is 266 g/mol. The van der Waals surface area contributed by atoms with E-state index < -0.39 is 4.92 Å². The third-order valence-electron chi connectivity index (χ3n) is 2.31. The van der Waals surface area contributed by atoms with Gasteiger partial charge in [0.15, 0.2) is 0 Å². The first-order valence-corrected chi connectivity index (χ1v) is 6.17. The van der Waals surface area contributed by atoms with Crippen LogP contribution in [-0.4, -0.2) is 14.9 Å². The highest BCUT2D eigenvalue weighted by Gasteiger charge is 2.12. The number of nitrogens with zero attached hydrogens (tertiary/aromatic N) is 4. The molecule has 0 aliphatic heterocycles. The molecule has 0 spiro atoms. The lowest BCUT2D eigenvalue weighted by Gasteiger charge is -2.04. The molecule has 0 aromatic carbocycles. The minimum atomic E-state index is -0.582. The molecule has 19 heavy (non-hydrogen) atoms. The smallest absolute Gasteiger partial charge is 0.289 e. The molecule has 0 atom stereocenters. The van der Waals surface area contributed by atoms with Crippen molar-refractivity contribution in [2.75, 3.05) is 5.32 Å². The van der Waals surface area contributed by atoms with Gasteiger partial charge in [0.2, 0.25) is 0 Å². The van der Waals surface area contributed by atoms with Crippen molar-refractivity contribution < 1.29 is 4.92 Å². The Bertz CT molecular complexity index is 661. The monoisotopic (exact) mass is 275 g/mol. The van der Waals surface area contributed by atoms with Crippen LogP contribution in [0.5, 0.6) is 0 Å². The van der Waals surface area contributed by atoms with E-state index >= 15 is 0 Å². The molecule has 2 rings (SSSR count). The van der Waals surface area contributed by atoms with Crippen molar-refractivity contribution in [2.45, 2.75) is 13.5 Å². The predicted octanol–water partition coefficient (Wildman–Crippen LogP) is 2.24. The van der Waals surface area contributed by atoms with Crippen LogP contribution in [0.3, 0.4) is 0 Å². The van der Waals surface area contributed by atoms with Gasteiger partial charge in [-0.2, -0.15) is 5.26 Å². The number of thiazole rings is 1. The number of nitrogens with one attached hydrogen (secondary N) is 1.